The van der Waals surface area contributed by atoms with Crippen LogP contribution in [0.3, 0.4) is 0 Å². The number of anilines is 1. The van der Waals surface area contributed by atoms with Crippen LogP contribution in [0.4, 0.5) is 5.69 Å². The molecular formula is C13H12IN3O3. The number of carbonyl (C=O) groups excluding carboxylic acids is 1. The molecule has 2 rings (SSSR count). The van der Waals surface area contributed by atoms with Crippen molar-refractivity contribution in [2.75, 3.05) is 5.32 Å². The molecule has 6 nitrogen and oxygen atoms in total. The summed E-state index contributed by atoms with van der Waals surface area (Å²) in [5.74, 6) is -0.220. The molecule has 1 aromatic carbocycles. The fraction of sp³-hybridized carbons (Fsp3) is 0.154. The van der Waals surface area contributed by atoms with Crippen LogP contribution < -0.4 is 16.4 Å². The predicted octanol–water partition coefficient (Wildman–Crippen LogP) is 1.17. The number of hydrogen-bond acceptors (Lipinski definition) is 3. The summed E-state index contributed by atoms with van der Waals surface area (Å²) in [6, 6.07) is 9.71. The molecule has 2 aromatic rings. The van der Waals surface area contributed by atoms with E-state index in [1.165, 1.54) is 6.07 Å². The van der Waals surface area contributed by atoms with Crippen molar-refractivity contribution in [1.82, 2.24) is 9.78 Å². The Morgan fingerprint density at radius 1 is 1.15 bits per heavy atom. The lowest BCUT2D eigenvalue weighted by molar-refractivity contribution is -0.116. The number of benzene rings is 1. The Labute approximate surface area is 127 Å². The topological polar surface area (TPSA) is 84.0 Å². The van der Waals surface area contributed by atoms with Gasteiger partial charge in [-0.2, -0.15) is 0 Å². The van der Waals surface area contributed by atoms with Crippen molar-refractivity contribution in [3.05, 3.63) is 60.7 Å². The summed E-state index contributed by atoms with van der Waals surface area (Å²) in [5, 5.41) is 5.09. The van der Waals surface area contributed by atoms with Gasteiger partial charge in [0.25, 0.3) is 11.1 Å². The molecule has 1 aromatic heterocycles. The molecule has 0 saturated heterocycles. The van der Waals surface area contributed by atoms with Crippen molar-refractivity contribution in [3.8, 4) is 0 Å². The Bertz CT molecular complexity index is 719. The molecule has 1 heterocycles. The monoisotopic (exact) mass is 385 g/mol. The quantitative estimate of drug-likeness (QED) is 0.776. The number of aryl methyl sites for hydroxylation is 1. The van der Waals surface area contributed by atoms with Crippen LogP contribution in [0.2, 0.25) is 0 Å². The normalized spacial score (nSPS) is 10.2. The zero-order chi connectivity index (χ0) is 14.5. The molecule has 0 atom stereocenters. The predicted molar refractivity (Wildman–Crippen MR) is 83.7 cm³/mol. The zero-order valence-corrected chi connectivity index (χ0v) is 12.6. The van der Waals surface area contributed by atoms with E-state index < -0.39 is 0 Å². The number of halogens is 1. The summed E-state index contributed by atoms with van der Waals surface area (Å²) in [5.41, 5.74) is -0.0152. The number of carbonyl (C=O) groups is 1. The fourth-order valence-electron chi connectivity index (χ4n) is 1.60. The number of hydrogen-bond donors (Lipinski definition) is 2. The van der Waals surface area contributed by atoms with Crippen molar-refractivity contribution < 1.29 is 4.79 Å². The number of aromatic amines is 1. The van der Waals surface area contributed by atoms with E-state index in [0.717, 1.165) is 14.3 Å². The van der Waals surface area contributed by atoms with Crippen LogP contribution in [0.5, 0.6) is 0 Å². The maximum atomic E-state index is 11.7. The van der Waals surface area contributed by atoms with E-state index in [1.54, 1.807) is 12.1 Å². The van der Waals surface area contributed by atoms with Crippen molar-refractivity contribution in [2.24, 2.45) is 0 Å². The molecule has 0 aliphatic carbocycles. The zero-order valence-electron chi connectivity index (χ0n) is 10.4. The lowest BCUT2D eigenvalue weighted by Crippen LogP contribution is -2.29. The molecule has 2 N–H and O–H groups in total. The van der Waals surface area contributed by atoms with Gasteiger partial charge in [-0.3, -0.25) is 19.5 Å². The Kier molecular flexibility index (Phi) is 4.72. The molecule has 7 heteroatoms. The van der Waals surface area contributed by atoms with Gasteiger partial charge in [0.05, 0.1) is 6.54 Å². The molecular weight excluding hydrogens is 373 g/mol. The third-order valence-corrected chi connectivity index (χ3v) is 3.30. The van der Waals surface area contributed by atoms with E-state index in [1.807, 2.05) is 12.1 Å². The Morgan fingerprint density at radius 2 is 1.85 bits per heavy atom. The first-order chi connectivity index (χ1) is 9.54. The maximum Gasteiger partial charge on any atom is 0.265 e. The van der Waals surface area contributed by atoms with Crippen LogP contribution in [-0.4, -0.2) is 15.7 Å². The second kappa shape index (κ2) is 6.51. The van der Waals surface area contributed by atoms with E-state index in [-0.39, 0.29) is 30.0 Å². The van der Waals surface area contributed by atoms with Crippen molar-refractivity contribution >= 4 is 34.2 Å². The van der Waals surface area contributed by atoms with Gasteiger partial charge in [-0.15, -0.1) is 0 Å². The highest BCUT2D eigenvalue weighted by molar-refractivity contribution is 14.1. The van der Waals surface area contributed by atoms with Crippen LogP contribution in [-0.2, 0) is 11.3 Å². The van der Waals surface area contributed by atoms with Crippen LogP contribution >= 0.6 is 22.6 Å². The first-order valence-electron chi connectivity index (χ1n) is 5.90. The van der Waals surface area contributed by atoms with Crippen LogP contribution in [0, 0.1) is 3.57 Å². The van der Waals surface area contributed by atoms with Crippen molar-refractivity contribution in [3.63, 3.8) is 0 Å². The molecule has 0 fully saturated rings. The number of aromatic nitrogens is 2. The van der Waals surface area contributed by atoms with E-state index in [0.29, 0.717) is 5.69 Å². The van der Waals surface area contributed by atoms with Gasteiger partial charge in [-0.1, -0.05) is 0 Å². The lowest BCUT2D eigenvalue weighted by Gasteiger charge is -2.06. The van der Waals surface area contributed by atoms with Gasteiger partial charge in [0, 0.05) is 27.8 Å². The van der Waals surface area contributed by atoms with Gasteiger partial charge in [-0.25, -0.2) is 4.68 Å². The minimum Gasteiger partial charge on any atom is -0.326 e. The SMILES string of the molecule is O=C(CCn1[nH]c(=O)ccc1=O)Nc1ccc(I)cc1. The average Bonchev–Trinajstić information content (AvgIpc) is 2.42. The summed E-state index contributed by atoms with van der Waals surface area (Å²) in [6.45, 7) is 0.130. The number of nitrogens with one attached hydrogen (secondary N) is 2. The first-order valence-corrected chi connectivity index (χ1v) is 6.98. The summed E-state index contributed by atoms with van der Waals surface area (Å²) < 4.78 is 2.20. The molecule has 104 valence electrons. The van der Waals surface area contributed by atoms with Crippen LogP contribution in [0.25, 0.3) is 0 Å². The van der Waals surface area contributed by atoms with Gasteiger partial charge in [0.1, 0.15) is 0 Å². The number of H-pyrrole nitrogens is 1. The highest BCUT2D eigenvalue weighted by Gasteiger charge is 2.04. The summed E-state index contributed by atoms with van der Waals surface area (Å²) >= 11 is 2.18. The maximum absolute atomic E-state index is 11.7. The number of amides is 1. The smallest absolute Gasteiger partial charge is 0.265 e. The summed E-state index contributed by atoms with van der Waals surface area (Å²) in [6.07, 6.45) is 0.103. The lowest BCUT2D eigenvalue weighted by atomic mass is 10.3. The summed E-state index contributed by atoms with van der Waals surface area (Å²) in [7, 11) is 0. The molecule has 0 radical (unpaired) electrons. The fourth-order valence-corrected chi connectivity index (χ4v) is 1.96. The highest BCUT2D eigenvalue weighted by Crippen LogP contribution is 2.11. The van der Waals surface area contributed by atoms with Crippen molar-refractivity contribution in [2.45, 2.75) is 13.0 Å². The van der Waals surface area contributed by atoms with Gasteiger partial charge in [-0.05, 0) is 46.9 Å². The minimum atomic E-state index is -0.373. The van der Waals surface area contributed by atoms with E-state index in [2.05, 4.69) is 33.0 Å². The Hall–Kier alpha value is -1.90. The van der Waals surface area contributed by atoms with E-state index >= 15 is 0 Å². The number of nitrogens with zero attached hydrogens (tertiary/aromatic N) is 1. The second-order valence-corrected chi connectivity index (χ2v) is 5.35. The second-order valence-electron chi connectivity index (χ2n) is 4.10. The molecule has 0 unspecified atom stereocenters. The molecule has 0 spiro atoms. The summed E-state index contributed by atoms with van der Waals surface area (Å²) in [4.78, 5) is 34.3. The third kappa shape index (κ3) is 4.05. The molecule has 0 bridgehead atoms. The van der Waals surface area contributed by atoms with Crippen molar-refractivity contribution in [1.29, 1.82) is 0 Å². The first kappa shape index (κ1) is 14.5. The Morgan fingerprint density at radius 3 is 2.55 bits per heavy atom. The van der Waals surface area contributed by atoms with Gasteiger partial charge in [0.2, 0.25) is 5.91 Å². The van der Waals surface area contributed by atoms with E-state index in [9.17, 15) is 14.4 Å². The largest absolute Gasteiger partial charge is 0.326 e. The van der Waals surface area contributed by atoms with Crippen LogP contribution in [0.1, 0.15) is 6.42 Å². The molecule has 0 aliphatic heterocycles. The number of rotatable bonds is 4. The molecule has 0 aliphatic rings. The Balaban J connectivity index is 1.95. The van der Waals surface area contributed by atoms with E-state index in [4.69, 9.17) is 0 Å². The van der Waals surface area contributed by atoms with Gasteiger partial charge in [0.15, 0.2) is 0 Å². The van der Waals surface area contributed by atoms with Gasteiger partial charge >= 0.3 is 0 Å². The molecule has 0 saturated carbocycles. The standard InChI is InChI=1S/C13H12IN3O3/c14-9-1-3-10(4-2-9)15-11(18)7-8-17-13(20)6-5-12(19)16-17/h1-6H,7-8H2,(H,15,18)(H,16,19). The van der Waals surface area contributed by atoms with Gasteiger partial charge < -0.3 is 5.32 Å². The minimum absolute atomic E-state index is 0.103. The average molecular weight is 385 g/mol. The van der Waals surface area contributed by atoms with Crippen LogP contribution in [0.15, 0.2) is 46.0 Å². The molecule has 1 amide bonds. The highest BCUT2D eigenvalue weighted by atomic mass is 127. The molecule has 20 heavy (non-hydrogen) atoms. The third-order valence-electron chi connectivity index (χ3n) is 2.58.